The molecule has 1 saturated carbocycles. The Morgan fingerprint density at radius 1 is 1.28 bits per heavy atom. The molecule has 5 nitrogen and oxygen atoms in total. The summed E-state index contributed by atoms with van der Waals surface area (Å²) in [5.74, 6) is -0.287. The van der Waals surface area contributed by atoms with Crippen LogP contribution in [0.3, 0.4) is 0 Å². The van der Waals surface area contributed by atoms with E-state index in [1.165, 1.54) is 0 Å². The molecular formula is C13H26N2O3. The molecule has 1 amide bonds. The fourth-order valence-corrected chi connectivity index (χ4v) is 1.61. The highest BCUT2D eigenvalue weighted by molar-refractivity contribution is 5.79. The van der Waals surface area contributed by atoms with Crippen LogP contribution in [0.4, 0.5) is 0 Å². The molecule has 1 fully saturated rings. The Hall–Kier alpha value is -0.650. The van der Waals surface area contributed by atoms with Crippen molar-refractivity contribution in [3.63, 3.8) is 0 Å². The Bertz CT molecular complexity index is 232. The van der Waals surface area contributed by atoms with E-state index in [0.29, 0.717) is 32.3 Å². The predicted molar refractivity (Wildman–Crippen MR) is 70.3 cm³/mol. The minimum absolute atomic E-state index is 0.251. The quantitative estimate of drug-likeness (QED) is 0.508. The first-order valence-corrected chi connectivity index (χ1v) is 6.95. The van der Waals surface area contributed by atoms with Gasteiger partial charge in [0.25, 0.3) is 0 Å². The monoisotopic (exact) mass is 258 g/mol. The minimum Gasteiger partial charge on any atom is -0.379 e. The third-order valence-corrected chi connectivity index (χ3v) is 2.92. The van der Waals surface area contributed by atoms with Crippen LogP contribution in [0.2, 0.25) is 0 Å². The summed E-state index contributed by atoms with van der Waals surface area (Å²) in [7, 11) is 0. The zero-order chi connectivity index (χ0) is 13.2. The van der Waals surface area contributed by atoms with E-state index in [1.54, 1.807) is 0 Å². The average molecular weight is 258 g/mol. The molecule has 106 valence electrons. The molecule has 0 aliphatic heterocycles. The lowest BCUT2D eigenvalue weighted by molar-refractivity contribution is -0.120. The fraction of sp³-hybridized carbons (Fsp3) is 0.923. The predicted octanol–water partition coefficient (Wildman–Crippen LogP) is 0.816. The van der Waals surface area contributed by atoms with E-state index in [-0.39, 0.29) is 11.9 Å². The van der Waals surface area contributed by atoms with Crippen LogP contribution in [0.15, 0.2) is 0 Å². The molecule has 0 heterocycles. The van der Waals surface area contributed by atoms with Crippen molar-refractivity contribution in [2.45, 2.75) is 51.1 Å². The second kappa shape index (κ2) is 9.30. The lowest BCUT2D eigenvalue weighted by atomic mass is 10.2. The fourth-order valence-electron chi connectivity index (χ4n) is 1.61. The highest BCUT2D eigenvalue weighted by Gasteiger charge is 2.26. The first-order chi connectivity index (χ1) is 8.74. The molecule has 0 radical (unpaired) electrons. The van der Waals surface area contributed by atoms with Crippen LogP contribution in [0.1, 0.15) is 39.0 Å². The average Bonchev–Trinajstić information content (AvgIpc) is 3.14. The number of hydrogen-bond donors (Lipinski definition) is 2. The lowest BCUT2D eigenvalue weighted by Crippen LogP contribution is -2.43. The molecule has 1 unspecified atom stereocenters. The van der Waals surface area contributed by atoms with E-state index in [9.17, 15) is 4.79 Å². The highest BCUT2D eigenvalue weighted by atomic mass is 16.5. The Morgan fingerprint density at radius 2 is 1.94 bits per heavy atom. The summed E-state index contributed by atoms with van der Waals surface area (Å²) in [5, 5.41) is 3.22. The van der Waals surface area contributed by atoms with Gasteiger partial charge in [-0.1, -0.05) is 13.3 Å². The van der Waals surface area contributed by atoms with Crippen LogP contribution in [0.25, 0.3) is 0 Å². The summed E-state index contributed by atoms with van der Waals surface area (Å²) >= 11 is 0. The third-order valence-electron chi connectivity index (χ3n) is 2.92. The van der Waals surface area contributed by atoms with Gasteiger partial charge in [-0.3, -0.25) is 4.79 Å². The van der Waals surface area contributed by atoms with Gasteiger partial charge in [0.2, 0.25) is 5.91 Å². The van der Waals surface area contributed by atoms with E-state index in [0.717, 1.165) is 32.3 Å². The molecule has 0 spiro atoms. The number of amides is 1. The second-order valence-corrected chi connectivity index (χ2v) is 4.76. The van der Waals surface area contributed by atoms with Crippen LogP contribution >= 0.6 is 0 Å². The number of unbranched alkanes of at least 4 members (excludes halogenated alkanes) is 1. The van der Waals surface area contributed by atoms with E-state index < -0.39 is 0 Å². The summed E-state index contributed by atoms with van der Waals surface area (Å²) in [5.41, 5.74) is 5.33. The first kappa shape index (κ1) is 15.4. The Kier molecular flexibility index (Phi) is 7.96. The van der Waals surface area contributed by atoms with E-state index in [4.69, 9.17) is 15.2 Å². The summed E-state index contributed by atoms with van der Waals surface area (Å²) in [6.45, 7) is 4.68. The largest absolute Gasteiger partial charge is 0.379 e. The second-order valence-electron chi connectivity index (χ2n) is 4.76. The zero-order valence-electron chi connectivity index (χ0n) is 11.3. The van der Waals surface area contributed by atoms with Crippen molar-refractivity contribution in [1.82, 2.24) is 5.32 Å². The lowest BCUT2D eigenvalue weighted by Gasteiger charge is -2.14. The molecular weight excluding hydrogens is 232 g/mol. The first-order valence-electron chi connectivity index (χ1n) is 6.95. The molecule has 0 aromatic heterocycles. The standard InChI is InChI=1S/C13H26N2O3/c1-2-3-7-17-9-10-18-8-6-12(13(14)16)15-11-4-5-11/h11-12,15H,2-10H2,1H3,(H2,14,16). The topological polar surface area (TPSA) is 73.6 Å². The molecule has 1 rings (SSSR count). The smallest absolute Gasteiger partial charge is 0.234 e. The number of rotatable bonds is 12. The van der Waals surface area contributed by atoms with Gasteiger partial charge in [-0.15, -0.1) is 0 Å². The molecule has 3 N–H and O–H groups in total. The van der Waals surface area contributed by atoms with Gasteiger partial charge in [0, 0.05) is 19.3 Å². The van der Waals surface area contributed by atoms with Crippen molar-refractivity contribution in [3.05, 3.63) is 0 Å². The maximum absolute atomic E-state index is 11.2. The zero-order valence-corrected chi connectivity index (χ0v) is 11.3. The number of primary amides is 1. The van der Waals surface area contributed by atoms with Crippen LogP contribution in [-0.4, -0.2) is 44.4 Å². The van der Waals surface area contributed by atoms with Crippen LogP contribution in [0, 0.1) is 0 Å². The number of carbonyl (C=O) groups excluding carboxylic acids is 1. The number of nitrogens with one attached hydrogen (secondary N) is 1. The van der Waals surface area contributed by atoms with Gasteiger partial charge < -0.3 is 20.5 Å². The molecule has 0 bridgehead atoms. The number of carbonyl (C=O) groups is 1. The van der Waals surface area contributed by atoms with Gasteiger partial charge in [-0.2, -0.15) is 0 Å². The molecule has 1 aliphatic rings. The minimum atomic E-state index is -0.287. The van der Waals surface area contributed by atoms with Crippen molar-refractivity contribution in [1.29, 1.82) is 0 Å². The Morgan fingerprint density at radius 3 is 2.50 bits per heavy atom. The van der Waals surface area contributed by atoms with Gasteiger partial charge >= 0.3 is 0 Å². The van der Waals surface area contributed by atoms with Gasteiger partial charge in [0.15, 0.2) is 0 Å². The van der Waals surface area contributed by atoms with Crippen LogP contribution in [0.5, 0.6) is 0 Å². The van der Waals surface area contributed by atoms with Gasteiger partial charge in [0.05, 0.1) is 19.3 Å². The maximum atomic E-state index is 11.2. The normalized spacial score (nSPS) is 16.7. The van der Waals surface area contributed by atoms with E-state index in [2.05, 4.69) is 12.2 Å². The van der Waals surface area contributed by atoms with Crippen molar-refractivity contribution in [3.8, 4) is 0 Å². The Labute approximate surface area is 109 Å². The highest BCUT2D eigenvalue weighted by Crippen LogP contribution is 2.19. The van der Waals surface area contributed by atoms with E-state index in [1.807, 2.05) is 0 Å². The summed E-state index contributed by atoms with van der Waals surface area (Å²) in [6, 6.07) is 0.235. The van der Waals surface area contributed by atoms with Crippen LogP contribution < -0.4 is 11.1 Å². The van der Waals surface area contributed by atoms with Gasteiger partial charge in [-0.05, 0) is 25.7 Å². The van der Waals surface area contributed by atoms with E-state index >= 15 is 0 Å². The maximum Gasteiger partial charge on any atom is 0.234 e. The number of hydrogen-bond acceptors (Lipinski definition) is 4. The molecule has 0 aromatic carbocycles. The van der Waals surface area contributed by atoms with Crippen molar-refractivity contribution in [2.24, 2.45) is 5.73 Å². The van der Waals surface area contributed by atoms with Gasteiger partial charge in [0.1, 0.15) is 0 Å². The molecule has 18 heavy (non-hydrogen) atoms. The molecule has 0 saturated heterocycles. The van der Waals surface area contributed by atoms with Crippen molar-refractivity contribution < 1.29 is 14.3 Å². The molecule has 0 aromatic rings. The summed E-state index contributed by atoms with van der Waals surface area (Å²) in [4.78, 5) is 11.2. The third kappa shape index (κ3) is 7.63. The number of ether oxygens (including phenoxy) is 2. The molecule has 1 aliphatic carbocycles. The SMILES string of the molecule is CCCCOCCOCCC(NC1CC1)C(N)=O. The molecule has 5 heteroatoms. The van der Waals surface area contributed by atoms with Crippen molar-refractivity contribution >= 4 is 5.91 Å². The van der Waals surface area contributed by atoms with Gasteiger partial charge in [-0.25, -0.2) is 0 Å². The Balaban J connectivity index is 1.92. The van der Waals surface area contributed by atoms with Crippen molar-refractivity contribution in [2.75, 3.05) is 26.4 Å². The summed E-state index contributed by atoms with van der Waals surface area (Å²) < 4.78 is 10.8. The van der Waals surface area contributed by atoms with Crippen LogP contribution in [-0.2, 0) is 14.3 Å². The molecule has 1 atom stereocenters. The summed E-state index contributed by atoms with van der Waals surface area (Å²) in [6.07, 6.45) is 5.18. The number of nitrogens with two attached hydrogens (primary N) is 1.